The van der Waals surface area contributed by atoms with Gasteiger partial charge in [0.05, 0.1) is 12.2 Å². The SMILES string of the molecule is CCCCCCCCCCCCCCCCCCCCCCCCNC(=O)c1ccc(C(=O)NCCCCCCCCCCCCCCCCCCCCCCCC)c(OCCCCCCCCCCCCCCC)c1. The van der Waals surface area contributed by atoms with E-state index in [1.807, 2.05) is 12.1 Å². The molecular weight excluding hydrogens is 929 g/mol. The van der Waals surface area contributed by atoms with Gasteiger partial charge in [-0.2, -0.15) is 0 Å². The number of ether oxygens (including phenoxy) is 1. The van der Waals surface area contributed by atoms with E-state index in [4.69, 9.17) is 4.74 Å². The molecule has 76 heavy (non-hydrogen) atoms. The van der Waals surface area contributed by atoms with E-state index in [9.17, 15) is 9.59 Å². The van der Waals surface area contributed by atoms with Crippen LogP contribution in [0.15, 0.2) is 18.2 Å². The highest BCUT2D eigenvalue weighted by Gasteiger charge is 2.16. The van der Waals surface area contributed by atoms with Crippen LogP contribution in [0.5, 0.6) is 5.75 Å². The summed E-state index contributed by atoms with van der Waals surface area (Å²) in [6.45, 7) is 8.83. The average Bonchev–Trinajstić information content (AvgIpc) is 3.43. The van der Waals surface area contributed by atoms with Crippen LogP contribution in [-0.4, -0.2) is 31.5 Å². The van der Waals surface area contributed by atoms with Crippen molar-refractivity contribution in [1.82, 2.24) is 10.6 Å². The van der Waals surface area contributed by atoms with Crippen LogP contribution in [0.3, 0.4) is 0 Å². The molecule has 5 heteroatoms. The highest BCUT2D eigenvalue weighted by molar-refractivity contribution is 6.00. The molecule has 0 aliphatic heterocycles. The summed E-state index contributed by atoms with van der Waals surface area (Å²) in [5, 5.41) is 6.33. The number of nitrogens with one attached hydrogen (secondary N) is 2. The smallest absolute Gasteiger partial charge is 0.255 e. The minimum atomic E-state index is -0.0920. The van der Waals surface area contributed by atoms with Gasteiger partial charge in [0.15, 0.2) is 0 Å². The van der Waals surface area contributed by atoms with E-state index in [1.54, 1.807) is 6.07 Å². The normalized spacial score (nSPS) is 11.5. The molecule has 0 radical (unpaired) electrons. The Kier molecular flexibility index (Phi) is 57.4. The lowest BCUT2D eigenvalue weighted by molar-refractivity contribution is 0.0937. The number of unbranched alkanes of at least 4 members (excludes halogenated alkanes) is 54. The van der Waals surface area contributed by atoms with Gasteiger partial charge in [-0.1, -0.05) is 367 Å². The topological polar surface area (TPSA) is 67.4 Å². The van der Waals surface area contributed by atoms with E-state index in [2.05, 4.69) is 31.4 Å². The fourth-order valence-electron chi connectivity index (χ4n) is 11.3. The maximum Gasteiger partial charge on any atom is 0.255 e. The monoisotopic (exact) mass is 1060 g/mol. The average molecular weight is 1060 g/mol. The van der Waals surface area contributed by atoms with Crippen molar-refractivity contribution in [3.63, 3.8) is 0 Å². The number of rotatable bonds is 63. The summed E-state index contributed by atoms with van der Waals surface area (Å²) in [4.78, 5) is 26.8. The van der Waals surface area contributed by atoms with E-state index >= 15 is 0 Å². The van der Waals surface area contributed by atoms with Crippen LogP contribution in [0, 0.1) is 0 Å². The zero-order valence-electron chi connectivity index (χ0n) is 51.9. The van der Waals surface area contributed by atoms with Gasteiger partial charge in [-0.3, -0.25) is 9.59 Å². The van der Waals surface area contributed by atoms with Crippen LogP contribution in [0.4, 0.5) is 0 Å². The van der Waals surface area contributed by atoms with Crippen LogP contribution in [-0.2, 0) is 0 Å². The second-order valence-corrected chi connectivity index (χ2v) is 24.2. The zero-order chi connectivity index (χ0) is 54.6. The van der Waals surface area contributed by atoms with Crippen molar-refractivity contribution in [2.45, 2.75) is 387 Å². The molecule has 0 spiro atoms. The Morgan fingerprint density at radius 2 is 0.513 bits per heavy atom. The molecular formula is C71H134N2O3. The first kappa shape index (κ1) is 72.0. The predicted octanol–water partition coefficient (Wildman–Crippen LogP) is 23.8. The number of benzene rings is 1. The molecule has 0 aromatic heterocycles. The van der Waals surface area contributed by atoms with Crippen molar-refractivity contribution < 1.29 is 14.3 Å². The molecule has 0 aliphatic carbocycles. The van der Waals surface area contributed by atoms with Gasteiger partial charge in [-0.25, -0.2) is 0 Å². The summed E-state index contributed by atoms with van der Waals surface area (Å²) < 4.78 is 6.32. The van der Waals surface area contributed by atoms with Crippen molar-refractivity contribution in [2.75, 3.05) is 19.7 Å². The van der Waals surface area contributed by atoms with Crippen LogP contribution in [0.25, 0.3) is 0 Å². The Bertz CT molecular complexity index is 1330. The molecule has 1 rings (SSSR count). The first-order chi connectivity index (χ1) is 37.6. The Morgan fingerprint density at radius 1 is 0.289 bits per heavy atom. The fraction of sp³-hybridized carbons (Fsp3) is 0.887. The molecule has 1 aromatic rings. The molecule has 2 N–H and O–H groups in total. The molecule has 0 fully saturated rings. The summed E-state index contributed by atoms with van der Waals surface area (Å²) in [5.74, 6) is 0.379. The lowest BCUT2D eigenvalue weighted by atomic mass is 10.0. The number of carbonyl (C=O) groups excluding carboxylic acids is 2. The van der Waals surface area contributed by atoms with E-state index < -0.39 is 0 Å². The third-order valence-corrected chi connectivity index (χ3v) is 16.6. The van der Waals surface area contributed by atoms with Crippen molar-refractivity contribution >= 4 is 11.8 Å². The molecule has 5 nitrogen and oxygen atoms in total. The molecule has 0 atom stereocenters. The number of amides is 2. The molecule has 0 heterocycles. The summed E-state index contributed by atoms with van der Waals surface area (Å²) in [6.07, 6.45) is 77.6. The molecule has 0 saturated heterocycles. The fourth-order valence-corrected chi connectivity index (χ4v) is 11.3. The first-order valence-corrected chi connectivity index (χ1v) is 35.0. The van der Waals surface area contributed by atoms with E-state index in [0.29, 0.717) is 36.6 Å². The second kappa shape index (κ2) is 60.6. The van der Waals surface area contributed by atoms with Crippen LogP contribution in [0.1, 0.15) is 407 Å². The highest BCUT2D eigenvalue weighted by atomic mass is 16.5. The standard InChI is InChI=1S/C71H134N2O3/c1-4-7-10-13-16-19-22-25-27-29-31-33-35-37-39-41-43-46-49-52-55-58-63-72-70(74)67-61-62-68(69(66-67)76-65-60-57-54-51-48-45-24-21-18-15-12-9-6-3)71(75)73-64-59-56-53-50-47-44-42-40-38-36-34-32-30-28-26-23-20-17-14-11-8-5-2/h61-62,66H,4-60,63-65H2,1-3H3,(H,72,74)(H,73,75). The summed E-state index contributed by atoms with van der Waals surface area (Å²) >= 11 is 0. The third kappa shape index (κ3) is 50.2. The maximum atomic E-state index is 13.5. The van der Waals surface area contributed by atoms with Gasteiger partial charge in [0.2, 0.25) is 0 Å². The minimum Gasteiger partial charge on any atom is -0.493 e. The number of hydrogen-bond donors (Lipinski definition) is 2. The Morgan fingerprint density at radius 3 is 0.776 bits per heavy atom. The molecule has 446 valence electrons. The highest BCUT2D eigenvalue weighted by Crippen LogP contribution is 2.23. The molecule has 0 saturated carbocycles. The van der Waals surface area contributed by atoms with Crippen LogP contribution < -0.4 is 15.4 Å². The van der Waals surface area contributed by atoms with Gasteiger partial charge in [0.25, 0.3) is 11.8 Å². The van der Waals surface area contributed by atoms with Crippen LogP contribution in [0.2, 0.25) is 0 Å². The van der Waals surface area contributed by atoms with Crippen molar-refractivity contribution in [2.24, 2.45) is 0 Å². The molecule has 0 bridgehead atoms. The van der Waals surface area contributed by atoms with Gasteiger partial charge in [-0.15, -0.1) is 0 Å². The Balaban J connectivity index is 2.27. The summed E-state index contributed by atoms with van der Waals surface area (Å²) in [6, 6.07) is 5.42. The summed E-state index contributed by atoms with van der Waals surface area (Å²) in [5.41, 5.74) is 1.12. The van der Waals surface area contributed by atoms with E-state index in [-0.39, 0.29) is 11.8 Å². The van der Waals surface area contributed by atoms with E-state index in [0.717, 1.165) is 38.5 Å². The number of hydrogen-bond acceptors (Lipinski definition) is 3. The lowest BCUT2D eigenvalue weighted by Crippen LogP contribution is -2.26. The summed E-state index contributed by atoms with van der Waals surface area (Å²) in [7, 11) is 0. The lowest BCUT2D eigenvalue weighted by Gasteiger charge is -2.14. The zero-order valence-corrected chi connectivity index (χ0v) is 51.9. The third-order valence-electron chi connectivity index (χ3n) is 16.6. The van der Waals surface area contributed by atoms with Gasteiger partial charge in [-0.05, 0) is 37.5 Å². The Hall–Kier alpha value is -2.04. The molecule has 1 aromatic carbocycles. The maximum absolute atomic E-state index is 13.5. The van der Waals surface area contributed by atoms with Gasteiger partial charge < -0.3 is 15.4 Å². The van der Waals surface area contributed by atoms with Crippen LogP contribution >= 0.6 is 0 Å². The number of carbonyl (C=O) groups is 2. The largest absolute Gasteiger partial charge is 0.493 e. The van der Waals surface area contributed by atoms with Gasteiger partial charge in [0, 0.05) is 18.7 Å². The Labute approximate surface area is 476 Å². The van der Waals surface area contributed by atoms with Gasteiger partial charge >= 0.3 is 0 Å². The molecule has 2 amide bonds. The quantitative estimate of drug-likeness (QED) is 0.0639. The molecule has 0 aliphatic rings. The van der Waals surface area contributed by atoms with Crippen molar-refractivity contribution in [3.8, 4) is 5.75 Å². The first-order valence-electron chi connectivity index (χ1n) is 35.0. The van der Waals surface area contributed by atoms with E-state index in [1.165, 1.54) is 327 Å². The van der Waals surface area contributed by atoms with Crippen molar-refractivity contribution in [1.29, 1.82) is 0 Å². The van der Waals surface area contributed by atoms with Crippen molar-refractivity contribution in [3.05, 3.63) is 29.3 Å². The van der Waals surface area contributed by atoms with Gasteiger partial charge in [0.1, 0.15) is 5.75 Å². The minimum absolute atomic E-state index is 0.0731. The predicted molar refractivity (Wildman–Crippen MR) is 337 cm³/mol. The second-order valence-electron chi connectivity index (χ2n) is 24.2. The molecule has 0 unspecified atom stereocenters.